The Labute approximate surface area is 155 Å². The predicted octanol–water partition coefficient (Wildman–Crippen LogP) is 2.14. The fourth-order valence-corrected chi connectivity index (χ4v) is 3.54. The molecule has 0 bridgehead atoms. The number of hydrogen-bond acceptors (Lipinski definition) is 6. The summed E-state index contributed by atoms with van der Waals surface area (Å²) in [7, 11) is -3.91. The number of hydrogen-bond donors (Lipinski definition) is 2. The molecule has 0 unspecified atom stereocenters. The van der Waals surface area contributed by atoms with Gasteiger partial charge in [0.05, 0.1) is 11.3 Å². The Morgan fingerprint density at radius 2 is 1.81 bits per heavy atom. The molecule has 2 amide bonds. The first kappa shape index (κ1) is 18.6. The molecule has 0 spiro atoms. The molecule has 3 aromatic rings. The topological polar surface area (TPSA) is 118 Å². The van der Waals surface area contributed by atoms with Gasteiger partial charge in [-0.15, -0.1) is 0 Å². The Kier molecular flexibility index (Phi) is 4.95. The van der Waals surface area contributed by atoms with Crippen molar-refractivity contribution in [3.8, 4) is 0 Å². The molecule has 140 valence electrons. The minimum absolute atomic E-state index is 0.0163. The van der Waals surface area contributed by atoms with Gasteiger partial charge in [-0.25, -0.2) is 13.1 Å². The summed E-state index contributed by atoms with van der Waals surface area (Å²) < 4.78 is 30.9. The number of nitrogens with zero attached hydrogens (tertiary/aromatic N) is 1. The summed E-state index contributed by atoms with van der Waals surface area (Å²) in [5, 5.41) is 7.39. The van der Waals surface area contributed by atoms with Crippen molar-refractivity contribution in [2.75, 3.05) is 5.32 Å². The number of rotatable bonds is 5. The Morgan fingerprint density at radius 1 is 1.11 bits per heavy atom. The molecule has 1 aromatic heterocycles. The molecule has 8 nitrogen and oxygen atoms in total. The first-order chi connectivity index (χ1) is 12.7. The van der Waals surface area contributed by atoms with Crippen LogP contribution in [0.4, 0.5) is 5.69 Å². The van der Waals surface area contributed by atoms with Crippen molar-refractivity contribution in [3.63, 3.8) is 0 Å². The van der Waals surface area contributed by atoms with E-state index >= 15 is 0 Å². The second kappa shape index (κ2) is 7.20. The van der Waals surface area contributed by atoms with Crippen LogP contribution in [0.3, 0.4) is 0 Å². The number of aromatic nitrogens is 1. The largest absolute Gasteiger partial charge is 0.356 e. The smallest absolute Gasteiger partial charge is 0.264 e. The van der Waals surface area contributed by atoms with Gasteiger partial charge in [-0.05, 0) is 43.3 Å². The van der Waals surface area contributed by atoms with E-state index in [2.05, 4.69) is 10.5 Å². The van der Waals surface area contributed by atoms with Crippen LogP contribution < -0.4 is 10.0 Å². The van der Waals surface area contributed by atoms with E-state index in [0.29, 0.717) is 17.0 Å². The highest BCUT2D eigenvalue weighted by Gasteiger charge is 2.16. The van der Waals surface area contributed by atoms with E-state index in [-0.39, 0.29) is 17.2 Å². The summed E-state index contributed by atoms with van der Waals surface area (Å²) in [4.78, 5) is 23.1. The number of benzene rings is 2. The van der Waals surface area contributed by atoms with Gasteiger partial charge in [0.15, 0.2) is 5.58 Å². The van der Waals surface area contributed by atoms with E-state index in [1.807, 2.05) is 23.8 Å². The van der Waals surface area contributed by atoms with E-state index < -0.39 is 15.9 Å². The van der Waals surface area contributed by atoms with Crippen LogP contribution in [0.15, 0.2) is 51.9 Å². The van der Waals surface area contributed by atoms with Crippen molar-refractivity contribution in [1.29, 1.82) is 0 Å². The van der Waals surface area contributed by atoms with Crippen LogP contribution in [0.25, 0.3) is 11.0 Å². The van der Waals surface area contributed by atoms with Crippen LogP contribution in [0.1, 0.15) is 18.2 Å². The Morgan fingerprint density at radius 3 is 2.48 bits per heavy atom. The first-order valence-corrected chi connectivity index (χ1v) is 9.51. The van der Waals surface area contributed by atoms with E-state index in [4.69, 9.17) is 4.52 Å². The Hall–Kier alpha value is -3.20. The zero-order chi connectivity index (χ0) is 19.6. The number of fused-ring (bicyclic) bond motifs is 1. The van der Waals surface area contributed by atoms with Crippen LogP contribution >= 0.6 is 0 Å². The SMILES string of the molecule is CC(=O)NS(=O)(=O)c1ccc(NC(=O)Cc2noc3ccc(C)cc23)cc1. The van der Waals surface area contributed by atoms with Crippen LogP contribution in [0.2, 0.25) is 0 Å². The molecule has 0 saturated heterocycles. The van der Waals surface area contributed by atoms with Gasteiger partial charge in [-0.2, -0.15) is 0 Å². The highest BCUT2D eigenvalue weighted by Crippen LogP contribution is 2.21. The number of nitrogens with one attached hydrogen (secondary N) is 2. The summed E-state index contributed by atoms with van der Waals surface area (Å²) >= 11 is 0. The number of carbonyl (C=O) groups excluding carboxylic acids is 2. The minimum Gasteiger partial charge on any atom is -0.356 e. The third-order valence-corrected chi connectivity index (χ3v) is 5.20. The van der Waals surface area contributed by atoms with Gasteiger partial charge < -0.3 is 9.84 Å². The molecule has 3 rings (SSSR count). The maximum Gasteiger partial charge on any atom is 0.264 e. The average Bonchev–Trinajstić information content (AvgIpc) is 2.96. The zero-order valence-electron chi connectivity index (χ0n) is 14.6. The van der Waals surface area contributed by atoms with Crippen LogP contribution in [-0.2, 0) is 26.0 Å². The predicted molar refractivity (Wildman–Crippen MR) is 98.5 cm³/mol. The standard InChI is InChI=1S/C18H17N3O5S/c1-11-3-8-17-15(9-11)16(20-26-17)10-18(23)19-13-4-6-14(7-5-13)27(24,25)21-12(2)22/h3-9H,10H2,1-2H3,(H,19,23)(H,21,22). The lowest BCUT2D eigenvalue weighted by atomic mass is 10.1. The summed E-state index contributed by atoms with van der Waals surface area (Å²) in [5.41, 5.74) is 2.58. The normalized spacial score (nSPS) is 11.3. The molecule has 0 aliphatic rings. The third-order valence-electron chi connectivity index (χ3n) is 3.75. The maximum absolute atomic E-state index is 12.3. The second-order valence-corrected chi connectivity index (χ2v) is 7.72. The number of amides is 2. The molecule has 2 aromatic carbocycles. The minimum atomic E-state index is -3.91. The van der Waals surface area contributed by atoms with Crippen LogP contribution in [0, 0.1) is 6.92 Å². The van der Waals surface area contributed by atoms with Crippen molar-refractivity contribution in [1.82, 2.24) is 9.88 Å². The van der Waals surface area contributed by atoms with Gasteiger partial charge in [0.1, 0.15) is 5.69 Å². The molecule has 2 N–H and O–H groups in total. The van der Waals surface area contributed by atoms with Gasteiger partial charge in [0.2, 0.25) is 11.8 Å². The maximum atomic E-state index is 12.3. The van der Waals surface area contributed by atoms with Gasteiger partial charge in [-0.1, -0.05) is 16.8 Å². The van der Waals surface area contributed by atoms with E-state index in [0.717, 1.165) is 17.9 Å². The lowest BCUT2D eigenvalue weighted by molar-refractivity contribution is -0.117. The van der Waals surface area contributed by atoms with Gasteiger partial charge in [0.25, 0.3) is 10.0 Å². The van der Waals surface area contributed by atoms with Crippen molar-refractivity contribution in [2.45, 2.75) is 25.2 Å². The molecule has 0 atom stereocenters. The van der Waals surface area contributed by atoms with Crippen molar-refractivity contribution >= 4 is 38.5 Å². The molecule has 0 aliphatic heterocycles. The molecular weight excluding hydrogens is 370 g/mol. The summed E-state index contributed by atoms with van der Waals surface area (Å²) in [6, 6.07) is 11.1. The lowest BCUT2D eigenvalue weighted by Crippen LogP contribution is -2.28. The Balaban J connectivity index is 1.71. The van der Waals surface area contributed by atoms with Gasteiger partial charge >= 0.3 is 0 Å². The molecule has 0 radical (unpaired) electrons. The van der Waals surface area contributed by atoms with E-state index in [9.17, 15) is 18.0 Å². The summed E-state index contributed by atoms with van der Waals surface area (Å²) in [6.07, 6.45) is 0.0163. The lowest BCUT2D eigenvalue weighted by Gasteiger charge is -2.07. The van der Waals surface area contributed by atoms with Crippen LogP contribution in [-0.4, -0.2) is 25.4 Å². The van der Waals surface area contributed by atoms with E-state index in [1.165, 1.54) is 24.3 Å². The quantitative estimate of drug-likeness (QED) is 0.692. The van der Waals surface area contributed by atoms with Crippen molar-refractivity contribution in [3.05, 3.63) is 53.7 Å². The molecule has 1 heterocycles. The van der Waals surface area contributed by atoms with Gasteiger partial charge in [-0.3, -0.25) is 9.59 Å². The van der Waals surface area contributed by atoms with Crippen LogP contribution in [0.5, 0.6) is 0 Å². The first-order valence-electron chi connectivity index (χ1n) is 8.03. The molecular formula is C18H17N3O5S. The highest BCUT2D eigenvalue weighted by molar-refractivity contribution is 7.90. The average molecular weight is 387 g/mol. The number of aryl methyl sites for hydroxylation is 1. The number of sulfonamides is 1. The number of carbonyl (C=O) groups is 2. The monoisotopic (exact) mass is 387 g/mol. The molecule has 9 heteroatoms. The summed E-state index contributed by atoms with van der Waals surface area (Å²) in [6.45, 7) is 3.05. The van der Waals surface area contributed by atoms with Gasteiger partial charge in [0, 0.05) is 18.0 Å². The van der Waals surface area contributed by atoms with E-state index in [1.54, 1.807) is 6.07 Å². The third kappa shape index (κ3) is 4.32. The molecule has 0 aliphatic carbocycles. The summed E-state index contributed by atoms with van der Waals surface area (Å²) in [5.74, 6) is -0.994. The second-order valence-electron chi connectivity index (χ2n) is 6.04. The fourth-order valence-electron chi connectivity index (χ4n) is 2.55. The molecule has 27 heavy (non-hydrogen) atoms. The zero-order valence-corrected chi connectivity index (χ0v) is 15.5. The van der Waals surface area contributed by atoms with Crippen molar-refractivity contribution < 1.29 is 22.5 Å². The Bertz CT molecular complexity index is 1120. The highest BCUT2D eigenvalue weighted by atomic mass is 32.2. The fraction of sp³-hybridized carbons (Fsp3) is 0.167. The molecule has 0 fully saturated rings. The molecule has 0 saturated carbocycles. The number of anilines is 1. The van der Waals surface area contributed by atoms with Crippen molar-refractivity contribution in [2.24, 2.45) is 0 Å².